The summed E-state index contributed by atoms with van der Waals surface area (Å²) in [6.07, 6.45) is -0.466. The van der Waals surface area contributed by atoms with Gasteiger partial charge in [-0.15, -0.1) is 12.4 Å². The van der Waals surface area contributed by atoms with Crippen LogP contribution < -0.4 is 10.6 Å². The largest absolute Gasteiger partial charge is 0.391 e. The van der Waals surface area contributed by atoms with Crippen molar-refractivity contribution in [3.63, 3.8) is 0 Å². The molecule has 0 spiro atoms. The standard InChI is InChI=1S/C16H17Cl2N3O3.ClH/c1-8-13(16(23)20-6-9-5-19-7-12(9)22)15(21-24-8)14-10(17)3-2-4-11(14)18;/h2-4,9,12,19,22H,5-7H2,1H3,(H,20,23);1H. The highest BCUT2D eigenvalue weighted by molar-refractivity contribution is 6.39. The Balaban J connectivity index is 0.00000225. The Bertz CT molecular complexity index is 746. The third-order valence-corrected chi connectivity index (χ3v) is 4.75. The van der Waals surface area contributed by atoms with Gasteiger partial charge in [0, 0.05) is 31.1 Å². The predicted molar refractivity (Wildman–Crippen MR) is 98.6 cm³/mol. The van der Waals surface area contributed by atoms with Crippen molar-refractivity contribution in [2.75, 3.05) is 19.6 Å². The molecule has 3 N–H and O–H groups in total. The molecule has 9 heteroatoms. The molecular formula is C16H18Cl3N3O3. The average Bonchev–Trinajstić information content (AvgIpc) is 3.11. The Morgan fingerprint density at radius 3 is 2.68 bits per heavy atom. The number of hydrogen-bond donors (Lipinski definition) is 3. The summed E-state index contributed by atoms with van der Waals surface area (Å²) in [6, 6.07) is 5.07. The van der Waals surface area contributed by atoms with Crippen molar-refractivity contribution < 1.29 is 14.4 Å². The molecule has 1 aromatic carbocycles. The van der Waals surface area contributed by atoms with Gasteiger partial charge in [-0.25, -0.2) is 0 Å². The van der Waals surface area contributed by atoms with Crippen LogP contribution >= 0.6 is 35.6 Å². The summed E-state index contributed by atoms with van der Waals surface area (Å²) in [5, 5.41) is 20.4. The fourth-order valence-corrected chi connectivity index (χ4v) is 3.35. The first kappa shape index (κ1) is 20.0. The van der Waals surface area contributed by atoms with E-state index in [2.05, 4.69) is 15.8 Å². The van der Waals surface area contributed by atoms with Crippen LogP contribution in [0.1, 0.15) is 16.1 Å². The molecule has 1 amide bonds. The first-order valence-corrected chi connectivity index (χ1v) is 8.32. The second-order valence-electron chi connectivity index (χ2n) is 5.75. The maximum Gasteiger partial charge on any atom is 0.257 e. The number of hydrogen-bond acceptors (Lipinski definition) is 5. The van der Waals surface area contributed by atoms with E-state index in [9.17, 15) is 9.90 Å². The van der Waals surface area contributed by atoms with Crippen molar-refractivity contribution in [1.82, 2.24) is 15.8 Å². The van der Waals surface area contributed by atoms with Crippen LogP contribution in [-0.4, -0.2) is 41.9 Å². The van der Waals surface area contributed by atoms with E-state index in [0.29, 0.717) is 52.3 Å². The number of amides is 1. The smallest absolute Gasteiger partial charge is 0.257 e. The van der Waals surface area contributed by atoms with Crippen LogP contribution in [0.4, 0.5) is 0 Å². The minimum atomic E-state index is -0.466. The number of nitrogens with one attached hydrogen (secondary N) is 2. The highest BCUT2D eigenvalue weighted by atomic mass is 35.5. The number of β-amino-alcohol motifs (C(OH)–C–C–N with tert-alkyl or cyclic N) is 1. The van der Waals surface area contributed by atoms with Crippen LogP contribution in [0.25, 0.3) is 11.3 Å². The Morgan fingerprint density at radius 2 is 2.08 bits per heavy atom. The normalized spacial score (nSPS) is 19.5. The Labute approximate surface area is 161 Å². The van der Waals surface area contributed by atoms with Gasteiger partial charge in [0.25, 0.3) is 5.91 Å². The minimum Gasteiger partial charge on any atom is -0.391 e. The molecule has 3 rings (SSSR count). The number of carbonyl (C=O) groups is 1. The monoisotopic (exact) mass is 405 g/mol. The number of aliphatic hydroxyl groups is 1. The maximum absolute atomic E-state index is 12.6. The van der Waals surface area contributed by atoms with E-state index in [4.69, 9.17) is 27.7 Å². The van der Waals surface area contributed by atoms with Gasteiger partial charge in [-0.1, -0.05) is 34.4 Å². The van der Waals surface area contributed by atoms with Gasteiger partial charge in [-0.3, -0.25) is 4.79 Å². The lowest BCUT2D eigenvalue weighted by atomic mass is 10.0. The van der Waals surface area contributed by atoms with Crippen molar-refractivity contribution in [3.05, 3.63) is 39.6 Å². The van der Waals surface area contributed by atoms with Crippen LogP contribution in [0.5, 0.6) is 0 Å². The number of aliphatic hydroxyl groups excluding tert-OH is 1. The molecule has 6 nitrogen and oxygen atoms in total. The molecule has 0 bridgehead atoms. The summed E-state index contributed by atoms with van der Waals surface area (Å²) in [7, 11) is 0. The number of benzene rings is 1. The molecule has 2 aromatic rings. The Kier molecular flexibility index (Phi) is 6.71. The lowest BCUT2D eigenvalue weighted by Gasteiger charge is -2.14. The van der Waals surface area contributed by atoms with E-state index in [1.54, 1.807) is 25.1 Å². The quantitative estimate of drug-likeness (QED) is 0.726. The van der Waals surface area contributed by atoms with E-state index in [0.717, 1.165) is 0 Å². The highest BCUT2D eigenvalue weighted by Gasteiger charge is 2.28. The van der Waals surface area contributed by atoms with Crippen molar-refractivity contribution in [3.8, 4) is 11.3 Å². The number of carbonyl (C=O) groups excluding carboxylic acids is 1. The van der Waals surface area contributed by atoms with E-state index in [1.807, 2.05) is 0 Å². The molecule has 136 valence electrons. The highest BCUT2D eigenvalue weighted by Crippen LogP contribution is 2.36. The average molecular weight is 407 g/mol. The Hall–Kier alpha value is -1.31. The molecule has 2 heterocycles. The summed E-state index contributed by atoms with van der Waals surface area (Å²) >= 11 is 12.4. The molecular weight excluding hydrogens is 389 g/mol. The molecule has 1 fully saturated rings. The van der Waals surface area contributed by atoms with Gasteiger partial charge < -0.3 is 20.3 Å². The molecule has 2 unspecified atom stereocenters. The summed E-state index contributed by atoms with van der Waals surface area (Å²) in [6.45, 7) is 3.20. The summed E-state index contributed by atoms with van der Waals surface area (Å²) < 4.78 is 5.18. The van der Waals surface area contributed by atoms with Crippen molar-refractivity contribution in [2.24, 2.45) is 5.92 Å². The molecule has 0 saturated carbocycles. The molecule has 25 heavy (non-hydrogen) atoms. The van der Waals surface area contributed by atoms with E-state index in [1.165, 1.54) is 0 Å². The van der Waals surface area contributed by atoms with Gasteiger partial charge in [-0.2, -0.15) is 0 Å². The summed E-state index contributed by atoms with van der Waals surface area (Å²) in [5.41, 5.74) is 1.07. The Morgan fingerprint density at radius 1 is 1.40 bits per heavy atom. The van der Waals surface area contributed by atoms with E-state index in [-0.39, 0.29) is 24.2 Å². The second kappa shape index (κ2) is 8.38. The first-order valence-electron chi connectivity index (χ1n) is 7.56. The van der Waals surface area contributed by atoms with Gasteiger partial charge >= 0.3 is 0 Å². The third kappa shape index (κ3) is 4.10. The molecule has 1 saturated heterocycles. The first-order chi connectivity index (χ1) is 11.5. The SMILES string of the molecule is Cc1onc(-c2c(Cl)cccc2Cl)c1C(=O)NCC1CNCC1O.Cl. The van der Waals surface area contributed by atoms with Gasteiger partial charge in [-0.05, 0) is 19.1 Å². The predicted octanol–water partition coefficient (Wildman–Crippen LogP) is 2.69. The van der Waals surface area contributed by atoms with Gasteiger partial charge in [0.05, 0.1) is 16.1 Å². The lowest BCUT2D eigenvalue weighted by Crippen LogP contribution is -2.34. The number of rotatable bonds is 4. The number of halogens is 3. The summed E-state index contributed by atoms with van der Waals surface area (Å²) in [5.74, 6) is 0.0175. The molecule has 2 atom stereocenters. The lowest BCUT2D eigenvalue weighted by molar-refractivity contribution is 0.0926. The minimum absolute atomic E-state index is 0. The van der Waals surface area contributed by atoms with Gasteiger partial charge in [0.15, 0.2) is 0 Å². The topological polar surface area (TPSA) is 87.4 Å². The van der Waals surface area contributed by atoms with Crippen LogP contribution in [0.3, 0.4) is 0 Å². The van der Waals surface area contributed by atoms with Crippen molar-refractivity contribution in [1.29, 1.82) is 0 Å². The van der Waals surface area contributed by atoms with Crippen LogP contribution in [0.15, 0.2) is 22.7 Å². The van der Waals surface area contributed by atoms with Crippen molar-refractivity contribution >= 4 is 41.5 Å². The molecule has 1 aromatic heterocycles. The fourth-order valence-electron chi connectivity index (χ4n) is 2.77. The zero-order chi connectivity index (χ0) is 17.3. The third-order valence-electron chi connectivity index (χ3n) is 4.12. The van der Waals surface area contributed by atoms with Crippen LogP contribution in [-0.2, 0) is 0 Å². The van der Waals surface area contributed by atoms with E-state index >= 15 is 0 Å². The molecule has 0 radical (unpaired) electrons. The van der Waals surface area contributed by atoms with Crippen LogP contribution in [0, 0.1) is 12.8 Å². The number of aromatic nitrogens is 1. The summed E-state index contributed by atoms with van der Waals surface area (Å²) in [4.78, 5) is 12.6. The van der Waals surface area contributed by atoms with E-state index < -0.39 is 6.10 Å². The zero-order valence-corrected chi connectivity index (χ0v) is 15.7. The van der Waals surface area contributed by atoms with Gasteiger partial charge in [0.1, 0.15) is 17.0 Å². The molecule has 1 aliphatic rings. The zero-order valence-electron chi connectivity index (χ0n) is 13.4. The van der Waals surface area contributed by atoms with Crippen LogP contribution in [0.2, 0.25) is 10.0 Å². The number of aryl methyl sites for hydroxylation is 1. The molecule has 0 aliphatic carbocycles. The van der Waals surface area contributed by atoms with Crippen molar-refractivity contribution in [2.45, 2.75) is 13.0 Å². The maximum atomic E-state index is 12.6. The second-order valence-corrected chi connectivity index (χ2v) is 6.57. The number of nitrogens with zero attached hydrogens (tertiary/aromatic N) is 1. The molecule has 1 aliphatic heterocycles. The fraction of sp³-hybridized carbons (Fsp3) is 0.375. The van der Waals surface area contributed by atoms with Gasteiger partial charge in [0.2, 0.25) is 0 Å².